The fourth-order valence-corrected chi connectivity index (χ4v) is 1.14. The van der Waals surface area contributed by atoms with Crippen LogP contribution in [0, 0.1) is 0 Å². The first-order valence-corrected chi connectivity index (χ1v) is 4.76. The molecule has 0 aliphatic carbocycles. The second kappa shape index (κ2) is 5.15. The van der Waals surface area contributed by atoms with Gasteiger partial charge in [-0.2, -0.15) is 13.9 Å². The van der Waals surface area contributed by atoms with E-state index in [1.54, 1.807) is 18.6 Å². The van der Waals surface area contributed by atoms with E-state index in [0.717, 1.165) is 0 Å². The van der Waals surface area contributed by atoms with E-state index in [4.69, 9.17) is 0 Å². The molecular formula is C9H11F4N3O. The minimum Gasteiger partial charge on any atom is -0.350 e. The Morgan fingerprint density at radius 2 is 2.24 bits per heavy atom. The molecule has 1 aromatic rings. The zero-order valence-electron chi connectivity index (χ0n) is 8.96. The highest BCUT2D eigenvalue weighted by Crippen LogP contribution is 2.22. The van der Waals surface area contributed by atoms with Crippen LogP contribution in [0.2, 0.25) is 0 Å². The van der Waals surface area contributed by atoms with Gasteiger partial charge in [-0.05, 0) is 12.0 Å². The van der Waals surface area contributed by atoms with Crippen LogP contribution < -0.4 is 5.32 Å². The van der Waals surface area contributed by atoms with Gasteiger partial charge in [-0.15, -0.1) is 0 Å². The molecule has 0 fully saturated rings. The zero-order chi connectivity index (χ0) is 13.1. The zero-order valence-corrected chi connectivity index (χ0v) is 8.96. The lowest BCUT2D eigenvalue weighted by atomic mass is 10.2. The van der Waals surface area contributed by atoms with Crippen molar-refractivity contribution in [1.29, 1.82) is 0 Å². The molecule has 1 amide bonds. The summed E-state index contributed by atoms with van der Waals surface area (Å²) in [6.07, 6.45) is -0.617. The van der Waals surface area contributed by atoms with Gasteiger partial charge in [-0.1, -0.05) is 0 Å². The van der Waals surface area contributed by atoms with Gasteiger partial charge in [0.2, 0.25) is 0 Å². The van der Waals surface area contributed by atoms with Gasteiger partial charge in [0.05, 0.1) is 6.20 Å². The van der Waals surface area contributed by atoms with E-state index in [1.807, 2.05) is 0 Å². The summed E-state index contributed by atoms with van der Waals surface area (Å²) in [6, 6.07) is 0. The lowest BCUT2D eigenvalue weighted by Gasteiger charge is -2.14. The van der Waals surface area contributed by atoms with E-state index >= 15 is 0 Å². The maximum atomic E-state index is 12.5. The van der Waals surface area contributed by atoms with Gasteiger partial charge in [-0.25, -0.2) is 8.78 Å². The van der Waals surface area contributed by atoms with Gasteiger partial charge < -0.3 is 5.32 Å². The van der Waals surface area contributed by atoms with Crippen molar-refractivity contribution in [2.45, 2.75) is 18.8 Å². The second-order valence-corrected chi connectivity index (χ2v) is 3.45. The summed E-state index contributed by atoms with van der Waals surface area (Å²) in [5.41, 5.74) is 0.716. The van der Waals surface area contributed by atoms with Crippen LogP contribution in [0.25, 0.3) is 0 Å². The molecule has 17 heavy (non-hydrogen) atoms. The summed E-state index contributed by atoms with van der Waals surface area (Å²) >= 11 is 0. The molecule has 96 valence electrons. The van der Waals surface area contributed by atoms with Crippen LogP contribution in [-0.2, 0) is 18.3 Å². The van der Waals surface area contributed by atoms with E-state index in [-0.39, 0.29) is 13.0 Å². The number of halogens is 4. The molecule has 0 bridgehead atoms. The molecule has 0 aliphatic heterocycles. The van der Waals surface area contributed by atoms with E-state index in [1.165, 1.54) is 10.9 Å². The van der Waals surface area contributed by atoms with Gasteiger partial charge in [0, 0.05) is 19.8 Å². The fraction of sp³-hybridized carbons (Fsp3) is 0.556. The Kier molecular flexibility index (Phi) is 4.08. The number of hydrogen-bond donors (Lipinski definition) is 1. The number of carbonyl (C=O) groups excluding carboxylic acids is 1. The number of aryl methyl sites for hydroxylation is 1. The molecule has 1 rings (SSSR count). The van der Waals surface area contributed by atoms with Crippen LogP contribution in [0.3, 0.4) is 0 Å². The minimum atomic E-state index is -4.64. The minimum absolute atomic E-state index is 0.146. The molecule has 1 N–H and O–H groups in total. The molecule has 0 aliphatic rings. The second-order valence-electron chi connectivity index (χ2n) is 3.45. The summed E-state index contributed by atoms with van der Waals surface area (Å²) < 4.78 is 50.1. The topological polar surface area (TPSA) is 46.9 Å². The SMILES string of the molecule is Cn1cc(CCNC(=O)C(F)(F)C(F)F)cn1. The van der Waals surface area contributed by atoms with Gasteiger partial charge >= 0.3 is 12.3 Å². The Morgan fingerprint density at radius 1 is 1.59 bits per heavy atom. The average molecular weight is 253 g/mol. The van der Waals surface area contributed by atoms with Gasteiger partial charge in [-0.3, -0.25) is 9.48 Å². The lowest BCUT2D eigenvalue weighted by molar-refractivity contribution is -0.169. The van der Waals surface area contributed by atoms with Crippen LogP contribution in [0.5, 0.6) is 0 Å². The van der Waals surface area contributed by atoms with Crippen molar-refractivity contribution in [2.24, 2.45) is 7.05 Å². The summed E-state index contributed by atoms with van der Waals surface area (Å²) in [7, 11) is 1.67. The first kappa shape index (κ1) is 13.5. The molecule has 4 nitrogen and oxygen atoms in total. The van der Waals surface area contributed by atoms with E-state index in [9.17, 15) is 22.4 Å². The van der Waals surface area contributed by atoms with Crippen molar-refractivity contribution < 1.29 is 22.4 Å². The average Bonchev–Trinajstić information content (AvgIpc) is 2.63. The lowest BCUT2D eigenvalue weighted by Crippen LogP contribution is -2.45. The summed E-state index contributed by atoms with van der Waals surface area (Å²) in [6.45, 7) is -0.146. The highest BCUT2D eigenvalue weighted by atomic mass is 19.3. The quantitative estimate of drug-likeness (QED) is 0.795. The fourth-order valence-electron chi connectivity index (χ4n) is 1.14. The molecule has 0 unspecified atom stereocenters. The van der Waals surface area contributed by atoms with Gasteiger partial charge in [0.15, 0.2) is 0 Å². The molecule has 0 saturated heterocycles. The Morgan fingerprint density at radius 3 is 2.71 bits per heavy atom. The van der Waals surface area contributed by atoms with Crippen molar-refractivity contribution in [3.63, 3.8) is 0 Å². The monoisotopic (exact) mass is 253 g/mol. The van der Waals surface area contributed by atoms with Crippen molar-refractivity contribution in [2.75, 3.05) is 6.54 Å². The molecule has 0 saturated carbocycles. The first-order valence-electron chi connectivity index (χ1n) is 4.76. The number of amides is 1. The molecule has 0 aromatic carbocycles. The van der Waals surface area contributed by atoms with Crippen molar-refractivity contribution in [3.05, 3.63) is 18.0 Å². The predicted molar refractivity (Wildman–Crippen MR) is 50.9 cm³/mol. The highest BCUT2D eigenvalue weighted by Gasteiger charge is 2.48. The molecule has 0 spiro atoms. The largest absolute Gasteiger partial charge is 0.383 e. The van der Waals surface area contributed by atoms with Crippen LogP contribution in [0.1, 0.15) is 5.56 Å². The smallest absolute Gasteiger partial charge is 0.350 e. The number of hydrogen-bond acceptors (Lipinski definition) is 2. The van der Waals surface area contributed by atoms with Gasteiger partial charge in [0.1, 0.15) is 0 Å². The third-order valence-electron chi connectivity index (χ3n) is 2.03. The molecule has 0 radical (unpaired) electrons. The highest BCUT2D eigenvalue weighted by molar-refractivity contribution is 5.83. The van der Waals surface area contributed by atoms with Gasteiger partial charge in [0.25, 0.3) is 5.91 Å². The third kappa shape index (κ3) is 3.43. The van der Waals surface area contributed by atoms with E-state index < -0.39 is 18.3 Å². The summed E-state index contributed by atoms with van der Waals surface area (Å²) in [5.74, 6) is -6.61. The van der Waals surface area contributed by atoms with E-state index in [0.29, 0.717) is 5.56 Å². The maximum absolute atomic E-state index is 12.5. The normalized spacial score (nSPS) is 11.9. The van der Waals surface area contributed by atoms with Crippen LogP contribution >= 0.6 is 0 Å². The Balaban J connectivity index is 2.39. The Labute approximate surface area is 94.6 Å². The van der Waals surface area contributed by atoms with Crippen molar-refractivity contribution >= 4 is 5.91 Å². The summed E-state index contributed by atoms with van der Waals surface area (Å²) in [4.78, 5) is 10.7. The molecule has 0 atom stereocenters. The molecule has 1 heterocycles. The van der Waals surface area contributed by atoms with E-state index in [2.05, 4.69) is 5.10 Å². The maximum Gasteiger partial charge on any atom is 0.383 e. The number of aromatic nitrogens is 2. The van der Waals surface area contributed by atoms with Crippen LogP contribution in [0.15, 0.2) is 12.4 Å². The summed E-state index contributed by atoms with van der Waals surface area (Å²) in [5, 5.41) is 5.58. The van der Waals surface area contributed by atoms with Crippen molar-refractivity contribution in [1.82, 2.24) is 15.1 Å². The number of nitrogens with zero attached hydrogens (tertiary/aromatic N) is 2. The molecule has 1 aromatic heterocycles. The standard InChI is InChI=1S/C9H11F4N3O/c1-16-5-6(4-15-16)2-3-14-8(17)9(12,13)7(10)11/h4-5,7H,2-3H2,1H3,(H,14,17). The predicted octanol–water partition coefficient (Wildman–Crippen LogP) is 0.979. The Bertz CT molecular complexity index is 391. The third-order valence-corrected chi connectivity index (χ3v) is 2.03. The Hall–Kier alpha value is -1.60. The van der Waals surface area contributed by atoms with Crippen LogP contribution in [-0.4, -0.2) is 34.6 Å². The first-order chi connectivity index (χ1) is 7.84. The number of alkyl halides is 4. The number of nitrogens with one attached hydrogen (secondary N) is 1. The van der Waals surface area contributed by atoms with Crippen LogP contribution in [0.4, 0.5) is 17.6 Å². The molecular weight excluding hydrogens is 242 g/mol. The number of rotatable bonds is 5. The molecule has 8 heteroatoms. The van der Waals surface area contributed by atoms with Crippen molar-refractivity contribution in [3.8, 4) is 0 Å². The number of carbonyl (C=O) groups is 1.